The van der Waals surface area contributed by atoms with Crippen molar-refractivity contribution in [3.63, 3.8) is 0 Å². The van der Waals surface area contributed by atoms with Crippen molar-refractivity contribution >= 4 is 11.8 Å². The molecule has 0 bridgehead atoms. The molecule has 2 aliphatic rings. The zero-order valence-electron chi connectivity index (χ0n) is 11.6. The number of rotatable bonds is 5. The normalized spacial score (nSPS) is 27.9. The average Bonchev–Trinajstić information content (AvgIpc) is 2.97. The molecule has 0 aromatic heterocycles. The third kappa shape index (κ3) is 2.48. The smallest absolute Gasteiger partial charge is 0.309 e. The summed E-state index contributed by atoms with van der Waals surface area (Å²) < 4.78 is 5.06. The molecule has 0 radical (unpaired) electrons. The van der Waals surface area contributed by atoms with Crippen LogP contribution in [0.4, 0.5) is 0 Å². The van der Waals surface area contributed by atoms with Crippen molar-refractivity contribution < 1.29 is 14.3 Å². The van der Waals surface area contributed by atoms with E-state index in [0.29, 0.717) is 25.0 Å². The lowest BCUT2D eigenvalue weighted by Gasteiger charge is -2.18. The van der Waals surface area contributed by atoms with Gasteiger partial charge in [0.05, 0.1) is 19.1 Å². The molecule has 0 spiro atoms. The first-order valence-corrected chi connectivity index (χ1v) is 7.18. The molecule has 1 saturated carbocycles. The Morgan fingerprint density at radius 1 is 1.20 bits per heavy atom. The third-order valence-electron chi connectivity index (χ3n) is 4.29. The van der Waals surface area contributed by atoms with Crippen LogP contribution in [0.1, 0.15) is 17.3 Å². The summed E-state index contributed by atoms with van der Waals surface area (Å²) in [7, 11) is 0. The van der Waals surface area contributed by atoms with Crippen molar-refractivity contribution in [3.05, 3.63) is 35.9 Å². The van der Waals surface area contributed by atoms with Crippen molar-refractivity contribution in [1.82, 2.24) is 4.90 Å². The zero-order valence-corrected chi connectivity index (χ0v) is 11.6. The van der Waals surface area contributed by atoms with Crippen LogP contribution in [0.2, 0.25) is 0 Å². The Bertz CT molecular complexity index is 502. The number of ether oxygens (including phenoxy) is 1. The highest BCUT2D eigenvalue weighted by Crippen LogP contribution is 2.52. The lowest BCUT2D eigenvalue weighted by Crippen LogP contribution is -2.31. The second kappa shape index (κ2) is 5.37. The maximum Gasteiger partial charge on any atom is 0.309 e. The molecule has 0 amide bonds. The van der Waals surface area contributed by atoms with E-state index >= 15 is 0 Å². The van der Waals surface area contributed by atoms with E-state index in [2.05, 4.69) is 4.90 Å². The molecular weight excluding hydrogens is 254 g/mol. The summed E-state index contributed by atoms with van der Waals surface area (Å²) in [4.78, 5) is 25.9. The van der Waals surface area contributed by atoms with E-state index in [1.165, 1.54) is 0 Å². The van der Waals surface area contributed by atoms with Crippen LogP contribution in [0.5, 0.6) is 0 Å². The van der Waals surface area contributed by atoms with Crippen molar-refractivity contribution in [1.29, 1.82) is 0 Å². The number of fused-ring (bicyclic) bond motifs is 1. The highest BCUT2D eigenvalue weighted by atomic mass is 16.5. The number of esters is 1. The Morgan fingerprint density at radius 3 is 2.45 bits per heavy atom. The fourth-order valence-corrected chi connectivity index (χ4v) is 3.25. The molecule has 3 rings (SSSR count). The Morgan fingerprint density at radius 2 is 1.85 bits per heavy atom. The Kier molecular flexibility index (Phi) is 3.57. The number of ketones is 1. The van der Waals surface area contributed by atoms with Gasteiger partial charge in [-0.3, -0.25) is 14.5 Å². The molecule has 20 heavy (non-hydrogen) atoms. The zero-order chi connectivity index (χ0) is 14.1. The topological polar surface area (TPSA) is 46.6 Å². The van der Waals surface area contributed by atoms with Gasteiger partial charge in [0.25, 0.3) is 0 Å². The molecule has 3 atom stereocenters. The number of hydrogen-bond donors (Lipinski definition) is 0. The van der Waals surface area contributed by atoms with Crippen LogP contribution in [0.25, 0.3) is 0 Å². The molecule has 4 heteroatoms. The van der Waals surface area contributed by atoms with Crippen LogP contribution >= 0.6 is 0 Å². The van der Waals surface area contributed by atoms with Gasteiger partial charge in [-0.25, -0.2) is 0 Å². The van der Waals surface area contributed by atoms with E-state index in [9.17, 15) is 9.59 Å². The number of carbonyl (C=O) groups excluding carboxylic acids is 2. The molecule has 1 aliphatic carbocycles. The quantitative estimate of drug-likeness (QED) is 0.604. The highest BCUT2D eigenvalue weighted by Gasteiger charge is 2.60. The van der Waals surface area contributed by atoms with Crippen molar-refractivity contribution in [2.75, 3.05) is 26.2 Å². The first-order chi connectivity index (χ1) is 9.70. The highest BCUT2D eigenvalue weighted by molar-refractivity contribution is 5.97. The minimum Gasteiger partial charge on any atom is -0.466 e. The van der Waals surface area contributed by atoms with Crippen molar-refractivity contribution in [3.8, 4) is 0 Å². The molecular formula is C16H19NO3. The Balaban J connectivity index is 1.50. The van der Waals surface area contributed by atoms with Crippen LogP contribution in [-0.4, -0.2) is 42.9 Å². The van der Waals surface area contributed by atoms with Crippen molar-refractivity contribution in [2.24, 2.45) is 17.8 Å². The summed E-state index contributed by atoms with van der Waals surface area (Å²) in [6.07, 6.45) is 0. The van der Waals surface area contributed by atoms with E-state index < -0.39 is 0 Å². The summed E-state index contributed by atoms with van der Waals surface area (Å²) in [6.45, 7) is 4.41. The molecule has 106 valence electrons. The van der Waals surface area contributed by atoms with E-state index in [1.54, 1.807) is 0 Å². The van der Waals surface area contributed by atoms with Gasteiger partial charge in [-0.05, 0) is 18.8 Å². The largest absolute Gasteiger partial charge is 0.466 e. The minimum absolute atomic E-state index is 0.0588. The number of carbonyl (C=O) groups is 2. The number of benzene rings is 1. The van der Waals surface area contributed by atoms with E-state index in [-0.39, 0.29) is 17.7 Å². The van der Waals surface area contributed by atoms with Crippen LogP contribution in [0, 0.1) is 17.8 Å². The Hall–Kier alpha value is -1.68. The number of hydrogen-bond acceptors (Lipinski definition) is 4. The first-order valence-electron chi connectivity index (χ1n) is 7.18. The predicted molar refractivity (Wildman–Crippen MR) is 74.3 cm³/mol. The second-order valence-corrected chi connectivity index (χ2v) is 5.59. The molecule has 0 N–H and O–H groups in total. The van der Waals surface area contributed by atoms with Gasteiger partial charge in [0.2, 0.25) is 0 Å². The first kappa shape index (κ1) is 13.3. The Labute approximate surface area is 118 Å². The lowest BCUT2D eigenvalue weighted by atomic mass is 10.1. The molecule has 1 aromatic carbocycles. The number of likely N-dealkylation sites (tertiary alicyclic amines) is 1. The molecule has 2 fully saturated rings. The van der Waals surface area contributed by atoms with Gasteiger partial charge >= 0.3 is 5.97 Å². The molecule has 4 nitrogen and oxygen atoms in total. The summed E-state index contributed by atoms with van der Waals surface area (Å²) in [5.74, 6) is 0.976. The van der Waals surface area contributed by atoms with Crippen LogP contribution in [0.3, 0.4) is 0 Å². The summed E-state index contributed by atoms with van der Waals surface area (Å²) in [6, 6.07) is 9.36. The predicted octanol–water partition coefficient (Wildman–Crippen LogP) is 1.61. The van der Waals surface area contributed by atoms with Gasteiger partial charge in [-0.1, -0.05) is 30.3 Å². The number of nitrogens with zero attached hydrogens (tertiary/aromatic N) is 1. The maximum atomic E-state index is 12.1. The van der Waals surface area contributed by atoms with E-state index in [4.69, 9.17) is 4.74 Å². The molecule has 0 unspecified atom stereocenters. The second-order valence-electron chi connectivity index (χ2n) is 5.59. The van der Waals surface area contributed by atoms with E-state index in [1.807, 2.05) is 37.3 Å². The third-order valence-corrected chi connectivity index (χ3v) is 4.29. The summed E-state index contributed by atoms with van der Waals surface area (Å²) in [5.41, 5.74) is 0.759. The summed E-state index contributed by atoms with van der Waals surface area (Å²) in [5, 5.41) is 0. The van der Waals surface area contributed by atoms with Crippen LogP contribution in [-0.2, 0) is 9.53 Å². The average molecular weight is 273 g/mol. The van der Waals surface area contributed by atoms with Gasteiger partial charge in [0.15, 0.2) is 5.78 Å². The molecule has 1 aliphatic heterocycles. The molecule has 1 saturated heterocycles. The standard InChI is InChI=1S/C16H19NO3/c1-2-20-16(19)15-12-8-17(9-13(12)15)10-14(18)11-6-4-3-5-7-11/h3-7,12-13,15H,2,8-10H2,1H3/t12-,13+,15+. The van der Waals surface area contributed by atoms with E-state index in [0.717, 1.165) is 18.7 Å². The fourth-order valence-electron chi connectivity index (χ4n) is 3.25. The molecule has 1 aromatic rings. The van der Waals surface area contributed by atoms with Crippen LogP contribution < -0.4 is 0 Å². The SMILES string of the molecule is CCOC(=O)[C@H]1[C@@H]2CN(CC(=O)c3ccccc3)C[C@@H]21. The lowest BCUT2D eigenvalue weighted by molar-refractivity contribution is -0.145. The number of piperidine rings is 1. The van der Waals surface area contributed by atoms with Gasteiger partial charge in [0.1, 0.15) is 0 Å². The van der Waals surface area contributed by atoms with Gasteiger partial charge in [-0.15, -0.1) is 0 Å². The van der Waals surface area contributed by atoms with Gasteiger partial charge in [0, 0.05) is 18.7 Å². The van der Waals surface area contributed by atoms with Crippen molar-refractivity contribution in [2.45, 2.75) is 6.92 Å². The monoisotopic (exact) mass is 273 g/mol. The van der Waals surface area contributed by atoms with Crippen LogP contribution in [0.15, 0.2) is 30.3 Å². The number of Topliss-reactive ketones (excluding diaryl/α,β-unsaturated/α-hetero) is 1. The fraction of sp³-hybridized carbons (Fsp3) is 0.500. The summed E-state index contributed by atoms with van der Waals surface area (Å²) >= 11 is 0. The molecule has 1 heterocycles. The van der Waals surface area contributed by atoms with Gasteiger partial charge < -0.3 is 4.74 Å². The minimum atomic E-state index is -0.0588. The van der Waals surface area contributed by atoms with Gasteiger partial charge in [-0.2, -0.15) is 0 Å². The maximum absolute atomic E-state index is 12.1.